The van der Waals surface area contributed by atoms with Crippen molar-refractivity contribution in [2.24, 2.45) is 10.8 Å². The van der Waals surface area contributed by atoms with Gasteiger partial charge < -0.3 is 15.4 Å². The van der Waals surface area contributed by atoms with Crippen LogP contribution in [0.25, 0.3) is 0 Å². The van der Waals surface area contributed by atoms with Gasteiger partial charge in [0, 0.05) is 12.1 Å². The molecular formula is C17H24N2O2. The van der Waals surface area contributed by atoms with Gasteiger partial charge in [0.1, 0.15) is 5.75 Å². The van der Waals surface area contributed by atoms with Gasteiger partial charge in [-0.2, -0.15) is 0 Å². The Bertz CT molecular complexity index is 578. The average molecular weight is 288 g/mol. The standard InChI is InChI=1S/C17H24N2O2/c1-10(18-15-16(2,3)17(15,4)5)11-6-7-13-12(8-11)19-14(20)9-21-13/h6-8,10,15,18H,9H2,1-5H3,(H,19,20). The highest BCUT2D eigenvalue weighted by Gasteiger charge is 2.64. The molecule has 1 aromatic carbocycles. The number of carbonyl (C=O) groups excluding carboxylic acids is 1. The summed E-state index contributed by atoms with van der Waals surface area (Å²) in [6.45, 7) is 11.5. The van der Waals surface area contributed by atoms with E-state index in [1.54, 1.807) is 0 Å². The summed E-state index contributed by atoms with van der Waals surface area (Å²) in [4.78, 5) is 11.4. The topological polar surface area (TPSA) is 50.4 Å². The van der Waals surface area contributed by atoms with Gasteiger partial charge in [0.15, 0.2) is 6.61 Å². The van der Waals surface area contributed by atoms with Gasteiger partial charge in [-0.1, -0.05) is 33.8 Å². The van der Waals surface area contributed by atoms with Gasteiger partial charge in [-0.25, -0.2) is 0 Å². The van der Waals surface area contributed by atoms with Gasteiger partial charge in [-0.05, 0) is 35.4 Å². The maximum absolute atomic E-state index is 11.4. The Balaban J connectivity index is 1.76. The minimum atomic E-state index is -0.0929. The number of carbonyl (C=O) groups is 1. The molecule has 1 aromatic rings. The van der Waals surface area contributed by atoms with Crippen LogP contribution in [0, 0.1) is 10.8 Å². The zero-order valence-corrected chi connectivity index (χ0v) is 13.4. The molecule has 114 valence electrons. The lowest BCUT2D eigenvalue weighted by Crippen LogP contribution is -2.27. The molecule has 1 atom stereocenters. The summed E-state index contributed by atoms with van der Waals surface area (Å²) < 4.78 is 5.40. The summed E-state index contributed by atoms with van der Waals surface area (Å²) in [6, 6.07) is 6.75. The van der Waals surface area contributed by atoms with Crippen LogP contribution < -0.4 is 15.4 Å². The van der Waals surface area contributed by atoms with Crippen molar-refractivity contribution in [1.29, 1.82) is 0 Å². The molecule has 1 heterocycles. The van der Waals surface area contributed by atoms with Gasteiger partial charge >= 0.3 is 0 Å². The summed E-state index contributed by atoms with van der Waals surface area (Å²) in [6.07, 6.45) is 0. The number of benzene rings is 1. The van der Waals surface area contributed by atoms with E-state index >= 15 is 0 Å². The van der Waals surface area contributed by atoms with Crippen LogP contribution in [0.2, 0.25) is 0 Å². The number of amides is 1. The molecule has 2 N–H and O–H groups in total. The van der Waals surface area contributed by atoms with Crippen molar-refractivity contribution >= 4 is 11.6 Å². The molecule has 0 saturated heterocycles. The molecule has 4 nitrogen and oxygen atoms in total. The fraction of sp³-hybridized carbons (Fsp3) is 0.588. The number of nitrogens with one attached hydrogen (secondary N) is 2. The number of anilines is 1. The second kappa shape index (κ2) is 4.47. The van der Waals surface area contributed by atoms with Gasteiger partial charge in [-0.3, -0.25) is 4.79 Å². The summed E-state index contributed by atoms with van der Waals surface area (Å²) in [7, 11) is 0. The first kappa shape index (κ1) is 14.4. The molecule has 1 aliphatic heterocycles. The summed E-state index contributed by atoms with van der Waals surface area (Å²) in [5, 5.41) is 6.58. The predicted molar refractivity (Wildman–Crippen MR) is 83.5 cm³/mol. The lowest BCUT2D eigenvalue weighted by atomic mass is 10.0. The van der Waals surface area contributed by atoms with Crippen LogP contribution >= 0.6 is 0 Å². The first-order valence-corrected chi connectivity index (χ1v) is 7.56. The molecule has 0 aromatic heterocycles. The number of ether oxygens (including phenoxy) is 1. The van der Waals surface area contributed by atoms with Crippen molar-refractivity contribution in [3.05, 3.63) is 23.8 Å². The molecule has 1 saturated carbocycles. The van der Waals surface area contributed by atoms with Crippen LogP contribution in [0.15, 0.2) is 18.2 Å². The molecule has 2 aliphatic rings. The summed E-state index contributed by atoms with van der Waals surface area (Å²) in [5.74, 6) is 0.655. The maximum atomic E-state index is 11.4. The highest BCUT2D eigenvalue weighted by atomic mass is 16.5. The molecule has 21 heavy (non-hydrogen) atoms. The van der Waals surface area contributed by atoms with E-state index in [-0.39, 0.29) is 18.6 Å². The quantitative estimate of drug-likeness (QED) is 0.898. The monoisotopic (exact) mass is 288 g/mol. The second-order valence-corrected chi connectivity index (χ2v) is 7.36. The average Bonchev–Trinajstić information content (AvgIpc) is 2.80. The SMILES string of the molecule is CC(NC1C(C)(C)C1(C)C)c1ccc2c(c1)NC(=O)CO2. The molecule has 1 amide bonds. The number of hydrogen-bond acceptors (Lipinski definition) is 3. The molecule has 0 spiro atoms. The fourth-order valence-electron chi connectivity index (χ4n) is 3.33. The van der Waals surface area contributed by atoms with Crippen LogP contribution in [-0.2, 0) is 4.79 Å². The lowest BCUT2D eigenvalue weighted by Gasteiger charge is -2.21. The Kier molecular flexibility index (Phi) is 3.06. The summed E-state index contributed by atoms with van der Waals surface area (Å²) >= 11 is 0. The Hall–Kier alpha value is -1.55. The molecule has 0 radical (unpaired) electrons. The molecule has 1 fully saturated rings. The lowest BCUT2D eigenvalue weighted by molar-refractivity contribution is -0.118. The third-order valence-corrected chi connectivity index (χ3v) is 5.57. The highest BCUT2D eigenvalue weighted by molar-refractivity contribution is 5.95. The van der Waals surface area contributed by atoms with E-state index in [0.29, 0.717) is 16.9 Å². The fourth-order valence-corrected chi connectivity index (χ4v) is 3.33. The molecule has 1 unspecified atom stereocenters. The van der Waals surface area contributed by atoms with Crippen molar-refractivity contribution in [2.45, 2.75) is 46.7 Å². The zero-order valence-electron chi connectivity index (χ0n) is 13.4. The number of fused-ring (bicyclic) bond motifs is 1. The molecule has 3 rings (SSSR count). The van der Waals surface area contributed by atoms with Gasteiger partial charge in [0.05, 0.1) is 5.69 Å². The van der Waals surface area contributed by atoms with Crippen LogP contribution in [0.5, 0.6) is 5.75 Å². The first-order valence-electron chi connectivity index (χ1n) is 7.56. The highest BCUT2D eigenvalue weighted by Crippen LogP contribution is 2.63. The van der Waals surface area contributed by atoms with Crippen LogP contribution in [0.3, 0.4) is 0 Å². The van der Waals surface area contributed by atoms with E-state index in [2.05, 4.69) is 51.3 Å². The van der Waals surface area contributed by atoms with Gasteiger partial charge in [0.25, 0.3) is 5.91 Å². The molecule has 1 aliphatic carbocycles. The molecule has 0 bridgehead atoms. The smallest absolute Gasteiger partial charge is 0.262 e. The Morgan fingerprint density at radius 2 is 1.95 bits per heavy atom. The zero-order chi connectivity index (χ0) is 15.4. The normalized spacial score (nSPS) is 23.8. The minimum Gasteiger partial charge on any atom is -0.482 e. The van der Waals surface area contributed by atoms with Crippen molar-refractivity contribution in [1.82, 2.24) is 5.32 Å². The van der Waals surface area contributed by atoms with Crippen molar-refractivity contribution in [3.63, 3.8) is 0 Å². The van der Waals surface area contributed by atoms with Crippen molar-refractivity contribution in [2.75, 3.05) is 11.9 Å². The Labute approximate surface area is 126 Å². The third-order valence-electron chi connectivity index (χ3n) is 5.57. The van der Waals surface area contributed by atoms with Gasteiger partial charge in [0.2, 0.25) is 0 Å². The molecule has 4 heteroatoms. The number of rotatable bonds is 3. The van der Waals surface area contributed by atoms with E-state index in [9.17, 15) is 4.79 Å². The van der Waals surface area contributed by atoms with Crippen LogP contribution in [0.1, 0.15) is 46.2 Å². The van der Waals surface area contributed by atoms with Crippen molar-refractivity contribution in [3.8, 4) is 5.75 Å². The molecular weight excluding hydrogens is 264 g/mol. The van der Waals surface area contributed by atoms with E-state index < -0.39 is 0 Å². The maximum Gasteiger partial charge on any atom is 0.262 e. The second-order valence-electron chi connectivity index (χ2n) is 7.36. The van der Waals surface area contributed by atoms with Crippen LogP contribution in [0.4, 0.5) is 5.69 Å². The first-order chi connectivity index (χ1) is 9.73. The van der Waals surface area contributed by atoms with Crippen molar-refractivity contribution < 1.29 is 9.53 Å². The van der Waals surface area contributed by atoms with Crippen LogP contribution in [-0.4, -0.2) is 18.6 Å². The minimum absolute atomic E-state index is 0.0929. The number of hydrogen-bond donors (Lipinski definition) is 2. The van der Waals surface area contributed by atoms with E-state index in [0.717, 1.165) is 17.0 Å². The third kappa shape index (κ3) is 2.22. The predicted octanol–water partition coefficient (Wildman–Crippen LogP) is 3.10. The largest absolute Gasteiger partial charge is 0.482 e. The summed E-state index contributed by atoms with van der Waals surface area (Å²) in [5.41, 5.74) is 2.56. The van der Waals surface area contributed by atoms with E-state index in [1.165, 1.54) is 0 Å². The Morgan fingerprint density at radius 3 is 2.57 bits per heavy atom. The Morgan fingerprint density at radius 1 is 1.29 bits per heavy atom. The van der Waals surface area contributed by atoms with E-state index in [4.69, 9.17) is 4.74 Å². The van der Waals surface area contributed by atoms with E-state index in [1.807, 2.05) is 12.1 Å². The van der Waals surface area contributed by atoms with Gasteiger partial charge in [-0.15, -0.1) is 0 Å².